The van der Waals surface area contributed by atoms with Crippen molar-refractivity contribution in [2.45, 2.75) is 31.5 Å². The summed E-state index contributed by atoms with van der Waals surface area (Å²) >= 11 is 3.43. The molecule has 1 unspecified atom stereocenters. The van der Waals surface area contributed by atoms with Crippen LogP contribution in [0.4, 0.5) is 4.79 Å². The van der Waals surface area contributed by atoms with Crippen molar-refractivity contribution in [2.75, 3.05) is 19.7 Å². The van der Waals surface area contributed by atoms with Crippen molar-refractivity contribution in [1.82, 2.24) is 4.90 Å². The molecule has 0 bridgehead atoms. The summed E-state index contributed by atoms with van der Waals surface area (Å²) in [5.74, 6) is -1.01. The number of amides is 1. The minimum Gasteiger partial charge on any atom is -0.480 e. The molecule has 2 aromatic rings. The summed E-state index contributed by atoms with van der Waals surface area (Å²) in [6.45, 7) is 0.823. The third-order valence-corrected chi connectivity index (χ3v) is 5.63. The van der Waals surface area contributed by atoms with Gasteiger partial charge in [0.2, 0.25) is 0 Å². The minimum atomic E-state index is -1.01. The zero-order valence-electron chi connectivity index (χ0n) is 16.1. The average molecular weight is 462 g/mol. The van der Waals surface area contributed by atoms with Gasteiger partial charge in [-0.1, -0.05) is 58.4 Å². The van der Waals surface area contributed by atoms with Gasteiger partial charge in [0.05, 0.1) is 5.60 Å². The first kappa shape index (κ1) is 21.3. The summed E-state index contributed by atoms with van der Waals surface area (Å²) in [6, 6.07) is 17.3. The zero-order valence-corrected chi connectivity index (χ0v) is 17.6. The van der Waals surface area contributed by atoms with E-state index in [9.17, 15) is 9.59 Å². The van der Waals surface area contributed by atoms with Crippen LogP contribution in [0.1, 0.15) is 30.4 Å². The molecular weight excluding hydrogens is 438 g/mol. The number of hydrogen-bond donors (Lipinski definition) is 1. The first-order valence-corrected chi connectivity index (χ1v) is 10.4. The molecule has 1 amide bonds. The number of carboxylic acid groups (broad SMARTS) is 1. The monoisotopic (exact) mass is 461 g/mol. The van der Waals surface area contributed by atoms with E-state index in [4.69, 9.17) is 14.6 Å². The number of nitrogens with zero attached hydrogens (tertiary/aromatic N) is 1. The summed E-state index contributed by atoms with van der Waals surface area (Å²) in [4.78, 5) is 25.4. The van der Waals surface area contributed by atoms with E-state index in [0.717, 1.165) is 15.6 Å². The second-order valence-corrected chi connectivity index (χ2v) is 7.98. The van der Waals surface area contributed by atoms with Crippen LogP contribution in [-0.4, -0.2) is 41.8 Å². The fourth-order valence-corrected chi connectivity index (χ4v) is 3.84. The van der Waals surface area contributed by atoms with E-state index in [1.54, 1.807) is 4.90 Å². The van der Waals surface area contributed by atoms with E-state index in [-0.39, 0.29) is 19.3 Å². The number of carboxylic acids is 1. The van der Waals surface area contributed by atoms with Crippen molar-refractivity contribution in [1.29, 1.82) is 0 Å². The third-order valence-electron chi connectivity index (χ3n) is 5.10. The molecule has 0 saturated carbocycles. The first-order valence-electron chi connectivity index (χ1n) is 9.56. The second kappa shape index (κ2) is 9.89. The Morgan fingerprint density at radius 1 is 1.03 bits per heavy atom. The van der Waals surface area contributed by atoms with E-state index < -0.39 is 11.6 Å². The van der Waals surface area contributed by atoms with Crippen LogP contribution in [0.3, 0.4) is 0 Å². The molecule has 1 atom stereocenters. The van der Waals surface area contributed by atoms with Crippen LogP contribution in [0.5, 0.6) is 0 Å². The van der Waals surface area contributed by atoms with Gasteiger partial charge in [-0.3, -0.25) is 0 Å². The number of likely N-dealkylation sites (tertiary alicyclic amines) is 1. The lowest BCUT2D eigenvalue weighted by Crippen LogP contribution is -2.36. The van der Waals surface area contributed by atoms with E-state index in [1.165, 1.54) is 0 Å². The number of carbonyl (C=O) groups is 2. The van der Waals surface area contributed by atoms with Crippen molar-refractivity contribution >= 4 is 28.0 Å². The maximum Gasteiger partial charge on any atom is 0.410 e. The Labute approximate surface area is 178 Å². The van der Waals surface area contributed by atoms with Crippen molar-refractivity contribution in [3.8, 4) is 0 Å². The quantitative estimate of drug-likeness (QED) is 0.681. The predicted molar refractivity (Wildman–Crippen MR) is 111 cm³/mol. The largest absolute Gasteiger partial charge is 0.480 e. The molecule has 0 aliphatic carbocycles. The molecule has 0 spiro atoms. The topological polar surface area (TPSA) is 76.1 Å². The highest BCUT2D eigenvalue weighted by Crippen LogP contribution is 2.37. The van der Waals surface area contributed by atoms with Gasteiger partial charge in [0.25, 0.3) is 0 Å². The highest BCUT2D eigenvalue weighted by atomic mass is 79.9. The Morgan fingerprint density at radius 3 is 2.45 bits per heavy atom. The molecular formula is C22H24BrNO5. The molecule has 1 fully saturated rings. The number of benzene rings is 2. The third kappa shape index (κ3) is 5.81. The highest BCUT2D eigenvalue weighted by Gasteiger charge is 2.37. The number of halogens is 1. The minimum absolute atomic E-state index is 0.226. The molecule has 3 rings (SSSR count). The van der Waals surface area contributed by atoms with Crippen molar-refractivity contribution in [3.63, 3.8) is 0 Å². The molecule has 1 saturated heterocycles. The van der Waals surface area contributed by atoms with Crippen LogP contribution in [0, 0.1) is 0 Å². The van der Waals surface area contributed by atoms with Gasteiger partial charge >= 0.3 is 12.1 Å². The fraction of sp³-hybridized carbons (Fsp3) is 0.364. The number of aliphatic carboxylic acids is 1. The lowest BCUT2D eigenvalue weighted by Gasteiger charge is -2.33. The van der Waals surface area contributed by atoms with Gasteiger partial charge in [-0.05, 0) is 42.5 Å². The van der Waals surface area contributed by atoms with Gasteiger partial charge in [0.15, 0.2) is 0 Å². The van der Waals surface area contributed by atoms with E-state index in [2.05, 4.69) is 15.9 Å². The van der Waals surface area contributed by atoms with E-state index in [1.807, 2.05) is 54.6 Å². The fourth-order valence-electron chi connectivity index (χ4n) is 3.57. The van der Waals surface area contributed by atoms with Crippen molar-refractivity contribution in [2.24, 2.45) is 0 Å². The summed E-state index contributed by atoms with van der Waals surface area (Å²) in [6.07, 6.45) is 1.46. The zero-order chi connectivity index (χ0) is 20.7. The molecule has 6 nitrogen and oxygen atoms in total. The maximum atomic E-state index is 12.5. The Bertz CT molecular complexity index is 827. The van der Waals surface area contributed by atoms with Gasteiger partial charge in [-0.2, -0.15) is 0 Å². The van der Waals surface area contributed by atoms with Gasteiger partial charge in [-0.25, -0.2) is 9.59 Å². The van der Waals surface area contributed by atoms with Crippen LogP contribution in [0.25, 0.3) is 0 Å². The van der Waals surface area contributed by atoms with Gasteiger partial charge < -0.3 is 19.5 Å². The summed E-state index contributed by atoms with van der Waals surface area (Å²) in [7, 11) is 0. The van der Waals surface area contributed by atoms with Gasteiger partial charge in [0.1, 0.15) is 13.2 Å². The maximum absolute atomic E-state index is 12.5. The van der Waals surface area contributed by atoms with Crippen LogP contribution in [0.2, 0.25) is 0 Å². The number of hydrogen-bond acceptors (Lipinski definition) is 4. The van der Waals surface area contributed by atoms with Crippen molar-refractivity contribution < 1.29 is 24.2 Å². The average Bonchev–Trinajstić information content (AvgIpc) is 2.95. The Hall–Kier alpha value is -2.38. The summed E-state index contributed by atoms with van der Waals surface area (Å²) in [5, 5.41) is 9.12. The van der Waals surface area contributed by atoms with Gasteiger partial charge in [-0.15, -0.1) is 0 Å². The molecule has 1 N–H and O–H groups in total. The van der Waals surface area contributed by atoms with Gasteiger partial charge in [0, 0.05) is 17.6 Å². The number of ether oxygens (including phenoxy) is 2. The predicted octanol–water partition coefficient (Wildman–Crippen LogP) is 4.57. The molecule has 1 aliphatic heterocycles. The summed E-state index contributed by atoms with van der Waals surface area (Å²) in [5.41, 5.74) is 1.11. The highest BCUT2D eigenvalue weighted by molar-refractivity contribution is 9.10. The van der Waals surface area contributed by atoms with E-state index in [0.29, 0.717) is 32.4 Å². The molecule has 0 aromatic heterocycles. The molecule has 29 heavy (non-hydrogen) atoms. The number of carbonyl (C=O) groups excluding carboxylic acids is 1. The second-order valence-electron chi connectivity index (χ2n) is 7.06. The Kier molecular flexibility index (Phi) is 7.28. The van der Waals surface area contributed by atoms with Crippen LogP contribution >= 0.6 is 15.9 Å². The van der Waals surface area contributed by atoms with Crippen LogP contribution in [0.15, 0.2) is 59.1 Å². The normalized spacial score (nSPS) is 19.4. The SMILES string of the molecule is O=C(O)COC1(c2ccc(Br)cc2)CCCN(C(=O)OCc2ccccc2)CC1. The molecule has 154 valence electrons. The van der Waals surface area contributed by atoms with Crippen LogP contribution < -0.4 is 0 Å². The van der Waals surface area contributed by atoms with Crippen molar-refractivity contribution in [3.05, 3.63) is 70.2 Å². The molecule has 0 radical (unpaired) electrons. The van der Waals surface area contributed by atoms with E-state index >= 15 is 0 Å². The van der Waals surface area contributed by atoms with Crippen LogP contribution in [-0.2, 0) is 26.5 Å². The molecule has 1 aliphatic rings. The lowest BCUT2D eigenvalue weighted by atomic mass is 9.86. The standard InChI is InChI=1S/C22H24BrNO5/c23-19-9-7-18(8-10-19)22(29-16-20(25)26)11-4-13-24(14-12-22)21(27)28-15-17-5-2-1-3-6-17/h1-3,5-10H,4,11-16H2,(H,25,26). The summed E-state index contributed by atoms with van der Waals surface area (Å²) < 4.78 is 12.3. The number of rotatable bonds is 6. The molecule has 7 heteroatoms. The first-order chi connectivity index (χ1) is 14.0. The smallest absolute Gasteiger partial charge is 0.410 e. The Morgan fingerprint density at radius 2 is 1.76 bits per heavy atom. The Balaban J connectivity index is 1.68. The molecule has 1 heterocycles. The lowest BCUT2D eigenvalue weighted by molar-refractivity contribution is -0.151. The molecule has 2 aromatic carbocycles.